The second-order valence-electron chi connectivity index (χ2n) is 3.13. The van der Waals surface area contributed by atoms with E-state index < -0.39 is 0 Å². The molecule has 0 aliphatic heterocycles. The van der Waals surface area contributed by atoms with Gasteiger partial charge >= 0.3 is 0 Å². The maximum Gasteiger partial charge on any atom is 0.0946 e. The SMILES string of the molecule is C#CCCCC(N)c1cncn1C. The quantitative estimate of drug-likeness (QED) is 0.555. The number of nitrogens with zero attached hydrogens (tertiary/aromatic N) is 2. The van der Waals surface area contributed by atoms with Gasteiger partial charge in [-0.2, -0.15) is 0 Å². The van der Waals surface area contributed by atoms with Crippen molar-refractivity contribution in [3.63, 3.8) is 0 Å². The van der Waals surface area contributed by atoms with Gasteiger partial charge in [0, 0.05) is 25.7 Å². The van der Waals surface area contributed by atoms with E-state index in [1.807, 2.05) is 11.6 Å². The molecule has 0 saturated heterocycles. The van der Waals surface area contributed by atoms with E-state index in [0.29, 0.717) is 0 Å². The van der Waals surface area contributed by atoms with Crippen LogP contribution < -0.4 is 5.73 Å². The fourth-order valence-corrected chi connectivity index (χ4v) is 1.30. The minimum Gasteiger partial charge on any atom is -0.336 e. The zero-order chi connectivity index (χ0) is 9.68. The number of aryl methyl sites for hydroxylation is 1. The molecule has 0 fully saturated rings. The highest BCUT2D eigenvalue weighted by molar-refractivity contribution is 5.03. The number of unbranched alkanes of at least 4 members (excludes halogenated alkanes) is 1. The molecule has 1 atom stereocenters. The molecule has 0 amide bonds. The Balaban J connectivity index is 2.45. The lowest BCUT2D eigenvalue weighted by Crippen LogP contribution is -2.13. The number of hydrogen-bond acceptors (Lipinski definition) is 2. The molecule has 0 aliphatic carbocycles. The predicted molar refractivity (Wildman–Crippen MR) is 52.8 cm³/mol. The maximum atomic E-state index is 5.95. The van der Waals surface area contributed by atoms with Gasteiger partial charge in [-0.25, -0.2) is 4.98 Å². The Kier molecular flexibility index (Phi) is 3.53. The van der Waals surface area contributed by atoms with Gasteiger partial charge in [0.25, 0.3) is 0 Å². The first-order chi connectivity index (χ1) is 6.25. The third kappa shape index (κ3) is 2.60. The van der Waals surface area contributed by atoms with E-state index in [0.717, 1.165) is 25.0 Å². The summed E-state index contributed by atoms with van der Waals surface area (Å²) in [6.07, 6.45) is 11.4. The monoisotopic (exact) mass is 177 g/mol. The van der Waals surface area contributed by atoms with Crippen molar-refractivity contribution >= 4 is 0 Å². The number of rotatable bonds is 4. The van der Waals surface area contributed by atoms with Crippen molar-refractivity contribution < 1.29 is 0 Å². The second kappa shape index (κ2) is 4.68. The highest BCUT2D eigenvalue weighted by Gasteiger charge is 2.08. The van der Waals surface area contributed by atoms with Crippen LogP contribution in [0.4, 0.5) is 0 Å². The molecular formula is C10H15N3. The van der Waals surface area contributed by atoms with Crippen LogP contribution in [0.5, 0.6) is 0 Å². The van der Waals surface area contributed by atoms with Crippen LogP contribution in [-0.2, 0) is 7.05 Å². The zero-order valence-electron chi connectivity index (χ0n) is 7.90. The molecule has 1 aromatic heterocycles. The zero-order valence-corrected chi connectivity index (χ0v) is 7.90. The van der Waals surface area contributed by atoms with Crippen LogP contribution in [0.25, 0.3) is 0 Å². The summed E-state index contributed by atoms with van der Waals surface area (Å²) in [4.78, 5) is 4.01. The average molecular weight is 177 g/mol. The predicted octanol–water partition coefficient (Wildman–Crippen LogP) is 1.22. The van der Waals surface area contributed by atoms with Crippen LogP contribution in [0.15, 0.2) is 12.5 Å². The second-order valence-corrected chi connectivity index (χ2v) is 3.13. The Morgan fingerprint density at radius 2 is 2.54 bits per heavy atom. The summed E-state index contributed by atoms with van der Waals surface area (Å²) in [5, 5.41) is 0. The van der Waals surface area contributed by atoms with Gasteiger partial charge in [0.15, 0.2) is 0 Å². The molecule has 3 nitrogen and oxygen atoms in total. The van der Waals surface area contributed by atoms with Crippen molar-refractivity contribution in [2.45, 2.75) is 25.3 Å². The lowest BCUT2D eigenvalue weighted by molar-refractivity contribution is 0.585. The summed E-state index contributed by atoms with van der Waals surface area (Å²) in [6.45, 7) is 0. The standard InChI is InChI=1S/C10H15N3/c1-3-4-5-6-9(11)10-7-12-8-13(10)2/h1,7-9H,4-6,11H2,2H3. The molecule has 1 rings (SSSR count). The first-order valence-corrected chi connectivity index (χ1v) is 4.41. The molecule has 1 unspecified atom stereocenters. The van der Waals surface area contributed by atoms with Gasteiger partial charge in [-0.3, -0.25) is 0 Å². The van der Waals surface area contributed by atoms with Crippen molar-refractivity contribution in [2.75, 3.05) is 0 Å². The summed E-state index contributed by atoms with van der Waals surface area (Å²) in [6, 6.07) is 0.0563. The van der Waals surface area contributed by atoms with E-state index >= 15 is 0 Å². The fraction of sp³-hybridized carbons (Fsp3) is 0.500. The van der Waals surface area contributed by atoms with Crippen molar-refractivity contribution in [1.29, 1.82) is 0 Å². The lowest BCUT2D eigenvalue weighted by Gasteiger charge is -2.10. The van der Waals surface area contributed by atoms with E-state index in [9.17, 15) is 0 Å². The molecule has 0 spiro atoms. The summed E-state index contributed by atoms with van der Waals surface area (Å²) in [5.74, 6) is 2.60. The topological polar surface area (TPSA) is 43.8 Å². The third-order valence-corrected chi connectivity index (χ3v) is 2.07. The van der Waals surface area contributed by atoms with Crippen LogP contribution >= 0.6 is 0 Å². The summed E-state index contributed by atoms with van der Waals surface area (Å²) in [5.41, 5.74) is 7.02. The maximum absolute atomic E-state index is 5.95. The van der Waals surface area contributed by atoms with Crippen molar-refractivity contribution in [1.82, 2.24) is 9.55 Å². The van der Waals surface area contributed by atoms with Gasteiger partial charge in [0.1, 0.15) is 0 Å². The Morgan fingerprint density at radius 1 is 1.77 bits per heavy atom. The van der Waals surface area contributed by atoms with Gasteiger partial charge in [-0.15, -0.1) is 12.3 Å². The molecule has 1 heterocycles. The fourth-order valence-electron chi connectivity index (χ4n) is 1.30. The third-order valence-electron chi connectivity index (χ3n) is 2.07. The highest BCUT2D eigenvalue weighted by Crippen LogP contribution is 2.14. The van der Waals surface area contributed by atoms with Crippen LogP contribution in [0.3, 0.4) is 0 Å². The Morgan fingerprint density at radius 3 is 3.08 bits per heavy atom. The number of nitrogens with two attached hydrogens (primary N) is 1. The van der Waals surface area contributed by atoms with Crippen molar-refractivity contribution in [2.24, 2.45) is 12.8 Å². The van der Waals surface area contributed by atoms with Gasteiger partial charge in [0.05, 0.1) is 12.0 Å². The van der Waals surface area contributed by atoms with Gasteiger partial charge in [-0.1, -0.05) is 0 Å². The smallest absolute Gasteiger partial charge is 0.0946 e. The van der Waals surface area contributed by atoms with Crippen LogP contribution in [0.1, 0.15) is 31.0 Å². The molecule has 0 saturated carbocycles. The highest BCUT2D eigenvalue weighted by atomic mass is 15.0. The van der Waals surface area contributed by atoms with Crippen LogP contribution in [-0.4, -0.2) is 9.55 Å². The Bertz CT molecular complexity index is 295. The largest absolute Gasteiger partial charge is 0.336 e. The molecule has 2 N–H and O–H groups in total. The Hall–Kier alpha value is -1.27. The molecule has 0 aromatic carbocycles. The van der Waals surface area contributed by atoms with Gasteiger partial charge in [0.2, 0.25) is 0 Å². The van der Waals surface area contributed by atoms with Gasteiger partial charge in [-0.05, 0) is 12.8 Å². The molecule has 0 radical (unpaired) electrons. The average Bonchev–Trinajstić information content (AvgIpc) is 2.52. The summed E-state index contributed by atoms with van der Waals surface area (Å²) >= 11 is 0. The van der Waals surface area contributed by atoms with E-state index in [4.69, 9.17) is 12.2 Å². The van der Waals surface area contributed by atoms with E-state index in [1.165, 1.54) is 0 Å². The van der Waals surface area contributed by atoms with E-state index in [2.05, 4.69) is 10.9 Å². The summed E-state index contributed by atoms with van der Waals surface area (Å²) in [7, 11) is 1.95. The number of imidazole rings is 1. The normalized spacial score (nSPS) is 12.4. The summed E-state index contributed by atoms with van der Waals surface area (Å²) < 4.78 is 1.94. The van der Waals surface area contributed by atoms with E-state index in [-0.39, 0.29) is 6.04 Å². The molecule has 70 valence electrons. The lowest BCUT2D eigenvalue weighted by atomic mass is 10.1. The van der Waals surface area contributed by atoms with Crippen molar-refractivity contribution in [3.05, 3.63) is 18.2 Å². The number of aromatic nitrogens is 2. The molecular weight excluding hydrogens is 162 g/mol. The first-order valence-electron chi connectivity index (χ1n) is 4.41. The Labute approximate surface area is 79.0 Å². The molecule has 0 bridgehead atoms. The number of hydrogen-bond donors (Lipinski definition) is 1. The minimum absolute atomic E-state index is 0.0563. The van der Waals surface area contributed by atoms with Gasteiger partial charge < -0.3 is 10.3 Å². The molecule has 1 aromatic rings. The molecule has 0 aliphatic rings. The minimum atomic E-state index is 0.0563. The first kappa shape index (κ1) is 9.82. The molecule has 3 heteroatoms. The molecule has 13 heavy (non-hydrogen) atoms. The van der Waals surface area contributed by atoms with E-state index in [1.54, 1.807) is 12.5 Å². The number of terminal acetylenes is 1. The van der Waals surface area contributed by atoms with Crippen LogP contribution in [0, 0.1) is 12.3 Å². The van der Waals surface area contributed by atoms with Crippen LogP contribution in [0.2, 0.25) is 0 Å². The van der Waals surface area contributed by atoms with Crippen molar-refractivity contribution in [3.8, 4) is 12.3 Å².